The van der Waals surface area contributed by atoms with Gasteiger partial charge in [-0.1, -0.05) is 11.2 Å². The van der Waals surface area contributed by atoms with Gasteiger partial charge in [-0.25, -0.2) is 13.2 Å². The standard InChI is InChI=1S/C20H27N5O5S/c1-13-11-25(12-14(2)29-13)31(27,28)9-8-21-20(26)22-17-5-3-4-16(10-17)19-23-18(24-30-19)15-6-7-15/h3-5,10,13-15H,6-9,11-12H2,1-2H3,(H2,21,22,26)/t13-,14-/m1/s1. The number of nitrogens with zero attached hydrogens (tertiary/aromatic N) is 3. The third-order valence-electron chi connectivity index (χ3n) is 5.18. The summed E-state index contributed by atoms with van der Waals surface area (Å²) in [4.78, 5) is 16.6. The number of rotatable bonds is 7. The van der Waals surface area contributed by atoms with E-state index in [4.69, 9.17) is 9.26 Å². The van der Waals surface area contributed by atoms with E-state index in [-0.39, 0.29) is 24.5 Å². The Morgan fingerprint density at radius 2 is 1.97 bits per heavy atom. The Hall–Kier alpha value is -2.50. The molecule has 1 saturated heterocycles. The number of anilines is 1. The fraction of sp³-hybridized carbons (Fsp3) is 0.550. The molecule has 2 aromatic rings. The van der Waals surface area contributed by atoms with Crippen LogP contribution in [0.4, 0.5) is 10.5 Å². The molecule has 11 heteroatoms. The van der Waals surface area contributed by atoms with Crippen molar-refractivity contribution in [2.75, 3.05) is 30.7 Å². The number of carbonyl (C=O) groups excluding carboxylic acids is 1. The van der Waals surface area contributed by atoms with Crippen molar-refractivity contribution in [1.82, 2.24) is 19.8 Å². The monoisotopic (exact) mass is 449 g/mol. The lowest BCUT2D eigenvalue weighted by atomic mass is 10.2. The second kappa shape index (κ2) is 8.93. The fourth-order valence-corrected chi connectivity index (χ4v) is 5.04. The summed E-state index contributed by atoms with van der Waals surface area (Å²) in [7, 11) is -3.48. The summed E-state index contributed by atoms with van der Waals surface area (Å²) in [5, 5.41) is 9.30. The predicted octanol–water partition coefficient (Wildman–Crippen LogP) is 2.17. The van der Waals surface area contributed by atoms with Crippen molar-refractivity contribution in [2.24, 2.45) is 0 Å². The molecule has 10 nitrogen and oxygen atoms in total. The van der Waals surface area contributed by atoms with Gasteiger partial charge in [0.25, 0.3) is 5.89 Å². The van der Waals surface area contributed by atoms with E-state index in [0.717, 1.165) is 18.7 Å². The molecule has 2 amide bonds. The van der Waals surface area contributed by atoms with Gasteiger partial charge in [0, 0.05) is 36.8 Å². The number of sulfonamides is 1. The van der Waals surface area contributed by atoms with Crippen LogP contribution in [0.25, 0.3) is 11.5 Å². The van der Waals surface area contributed by atoms with Crippen molar-refractivity contribution in [2.45, 2.75) is 44.8 Å². The SMILES string of the molecule is C[C@@H]1CN(S(=O)(=O)CCNC(=O)Nc2cccc(-c3nc(C4CC4)no3)c2)C[C@@H](C)O1. The van der Waals surface area contributed by atoms with Crippen molar-refractivity contribution in [3.63, 3.8) is 0 Å². The molecule has 2 N–H and O–H groups in total. The topological polar surface area (TPSA) is 127 Å². The number of ether oxygens (including phenoxy) is 1. The quantitative estimate of drug-likeness (QED) is 0.663. The summed E-state index contributed by atoms with van der Waals surface area (Å²) >= 11 is 0. The molecule has 0 bridgehead atoms. The Morgan fingerprint density at radius 3 is 2.68 bits per heavy atom. The highest BCUT2D eigenvalue weighted by Crippen LogP contribution is 2.39. The van der Waals surface area contributed by atoms with Crippen molar-refractivity contribution in [3.8, 4) is 11.5 Å². The van der Waals surface area contributed by atoms with Crippen LogP contribution in [0.2, 0.25) is 0 Å². The van der Waals surface area contributed by atoms with Crippen LogP contribution >= 0.6 is 0 Å². The maximum Gasteiger partial charge on any atom is 0.319 e. The lowest BCUT2D eigenvalue weighted by molar-refractivity contribution is -0.0440. The number of nitrogens with one attached hydrogen (secondary N) is 2. The molecule has 4 rings (SSSR count). The minimum Gasteiger partial charge on any atom is -0.373 e. The Labute approximate surface area is 181 Å². The van der Waals surface area contributed by atoms with Gasteiger partial charge in [-0.15, -0.1) is 0 Å². The van der Waals surface area contributed by atoms with E-state index in [1.807, 2.05) is 19.9 Å². The number of amides is 2. The van der Waals surface area contributed by atoms with E-state index in [1.54, 1.807) is 18.2 Å². The van der Waals surface area contributed by atoms with Gasteiger partial charge in [0.05, 0.1) is 18.0 Å². The molecule has 0 radical (unpaired) electrons. The maximum absolute atomic E-state index is 12.5. The highest BCUT2D eigenvalue weighted by Gasteiger charge is 2.31. The average molecular weight is 450 g/mol. The highest BCUT2D eigenvalue weighted by molar-refractivity contribution is 7.89. The molecule has 1 aliphatic carbocycles. The molecule has 31 heavy (non-hydrogen) atoms. The van der Waals surface area contributed by atoms with Gasteiger partial charge in [-0.05, 0) is 44.9 Å². The Bertz CT molecular complexity index is 1030. The summed E-state index contributed by atoms with van der Waals surface area (Å²) in [5.41, 5.74) is 1.25. The number of morpholine rings is 1. The molecule has 0 unspecified atom stereocenters. The maximum atomic E-state index is 12.5. The van der Waals surface area contributed by atoms with E-state index in [2.05, 4.69) is 20.8 Å². The first-order valence-electron chi connectivity index (χ1n) is 10.4. The molecule has 2 heterocycles. The Kier molecular flexibility index (Phi) is 6.26. The summed E-state index contributed by atoms with van der Waals surface area (Å²) in [6, 6.07) is 6.58. The minimum absolute atomic E-state index is 0.00237. The summed E-state index contributed by atoms with van der Waals surface area (Å²) in [5.74, 6) is 1.35. The van der Waals surface area contributed by atoms with E-state index >= 15 is 0 Å². The smallest absolute Gasteiger partial charge is 0.319 e. The number of urea groups is 1. The Morgan fingerprint density at radius 1 is 1.23 bits per heavy atom. The van der Waals surface area contributed by atoms with Gasteiger partial charge in [-0.2, -0.15) is 9.29 Å². The molecular weight excluding hydrogens is 422 g/mol. The zero-order valence-corrected chi connectivity index (χ0v) is 18.4. The van der Waals surface area contributed by atoms with Gasteiger partial charge in [0.2, 0.25) is 10.0 Å². The third kappa shape index (κ3) is 5.60. The van der Waals surface area contributed by atoms with Crippen LogP contribution in [-0.2, 0) is 14.8 Å². The molecule has 168 valence electrons. The molecule has 0 spiro atoms. The minimum atomic E-state index is -3.48. The van der Waals surface area contributed by atoms with Crippen LogP contribution in [0, 0.1) is 0 Å². The number of hydrogen-bond donors (Lipinski definition) is 2. The number of aromatic nitrogens is 2. The van der Waals surface area contributed by atoms with Crippen molar-refractivity contribution >= 4 is 21.7 Å². The van der Waals surface area contributed by atoms with Crippen molar-refractivity contribution < 1.29 is 22.5 Å². The second-order valence-corrected chi connectivity index (χ2v) is 10.2. The molecular formula is C20H27N5O5S. The van der Waals surface area contributed by atoms with E-state index < -0.39 is 16.1 Å². The van der Waals surface area contributed by atoms with Crippen molar-refractivity contribution in [1.29, 1.82) is 0 Å². The normalized spacial score (nSPS) is 22.3. The van der Waals surface area contributed by atoms with E-state index in [1.165, 1.54) is 4.31 Å². The van der Waals surface area contributed by atoms with Gasteiger partial charge in [0.15, 0.2) is 5.82 Å². The van der Waals surface area contributed by atoms with E-state index in [9.17, 15) is 13.2 Å². The third-order valence-corrected chi connectivity index (χ3v) is 6.98. The Balaban J connectivity index is 1.29. The first kappa shape index (κ1) is 21.7. The summed E-state index contributed by atoms with van der Waals surface area (Å²) < 4.78 is 37.4. The van der Waals surface area contributed by atoms with Gasteiger partial charge >= 0.3 is 6.03 Å². The van der Waals surface area contributed by atoms with Gasteiger partial charge in [0.1, 0.15) is 0 Å². The summed E-state index contributed by atoms with van der Waals surface area (Å²) in [6.07, 6.45) is 1.86. The zero-order valence-electron chi connectivity index (χ0n) is 17.6. The zero-order chi connectivity index (χ0) is 22.0. The molecule has 1 saturated carbocycles. The fourth-order valence-electron chi connectivity index (χ4n) is 3.55. The van der Waals surface area contributed by atoms with Crippen LogP contribution in [0.5, 0.6) is 0 Å². The second-order valence-electron chi connectivity index (χ2n) is 8.08. The van der Waals surface area contributed by atoms with Crippen LogP contribution in [0.15, 0.2) is 28.8 Å². The number of carbonyl (C=O) groups is 1. The van der Waals surface area contributed by atoms with Gasteiger partial charge < -0.3 is 19.9 Å². The van der Waals surface area contributed by atoms with E-state index in [0.29, 0.717) is 36.1 Å². The van der Waals surface area contributed by atoms with Gasteiger partial charge in [-0.3, -0.25) is 0 Å². The molecule has 2 aliphatic rings. The lowest BCUT2D eigenvalue weighted by Gasteiger charge is -2.34. The molecule has 2 atom stereocenters. The van der Waals surface area contributed by atoms with Crippen LogP contribution in [0.1, 0.15) is 38.4 Å². The molecule has 1 aromatic heterocycles. The van der Waals surface area contributed by atoms with Crippen molar-refractivity contribution in [3.05, 3.63) is 30.1 Å². The molecule has 1 aromatic carbocycles. The summed E-state index contributed by atoms with van der Waals surface area (Å²) in [6.45, 7) is 4.34. The van der Waals surface area contributed by atoms with Crippen LogP contribution < -0.4 is 10.6 Å². The predicted molar refractivity (Wildman–Crippen MR) is 114 cm³/mol. The highest BCUT2D eigenvalue weighted by atomic mass is 32.2. The first-order chi connectivity index (χ1) is 14.8. The average Bonchev–Trinajstić information content (AvgIpc) is 3.44. The molecule has 2 fully saturated rings. The van der Waals surface area contributed by atoms with Crippen LogP contribution in [0.3, 0.4) is 0 Å². The molecule has 1 aliphatic heterocycles. The first-order valence-corrected chi connectivity index (χ1v) is 12.0. The number of benzene rings is 1. The van der Waals surface area contributed by atoms with Crippen LogP contribution in [-0.4, -0.2) is 66.5 Å². The number of hydrogen-bond acceptors (Lipinski definition) is 7. The largest absolute Gasteiger partial charge is 0.373 e. The lowest BCUT2D eigenvalue weighted by Crippen LogP contribution is -2.49.